The molecule has 20 heavy (non-hydrogen) atoms. The molecule has 2 saturated carbocycles. The Morgan fingerprint density at radius 2 is 1.85 bits per heavy atom. The molecule has 2 aliphatic carbocycles. The SMILES string of the molecule is CCC(CC)CN(CC)CC(C#N)(NC1CC1)C1CC1. The molecule has 0 bridgehead atoms. The van der Waals surface area contributed by atoms with Crippen molar-refractivity contribution < 1.29 is 0 Å². The van der Waals surface area contributed by atoms with E-state index in [1.54, 1.807) is 0 Å². The fourth-order valence-electron chi connectivity index (χ4n) is 3.19. The van der Waals surface area contributed by atoms with Crippen LogP contribution in [0.25, 0.3) is 0 Å². The molecule has 3 heteroatoms. The standard InChI is InChI=1S/C17H31N3/c1-4-14(5-2)11-20(6-3)13-17(12-18,15-7-8-15)19-16-9-10-16/h14-16,19H,4-11,13H2,1-3H3. The second kappa shape index (κ2) is 6.91. The fraction of sp³-hybridized carbons (Fsp3) is 0.941. The van der Waals surface area contributed by atoms with Gasteiger partial charge in [-0.1, -0.05) is 33.6 Å². The van der Waals surface area contributed by atoms with Crippen molar-refractivity contribution in [2.75, 3.05) is 19.6 Å². The van der Waals surface area contributed by atoms with Crippen LogP contribution in [-0.4, -0.2) is 36.1 Å². The molecule has 2 aliphatic rings. The third-order valence-corrected chi connectivity index (χ3v) is 5.10. The molecule has 0 radical (unpaired) electrons. The second-order valence-corrected chi connectivity index (χ2v) is 6.79. The summed E-state index contributed by atoms with van der Waals surface area (Å²) in [6.07, 6.45) is 7.47. The van der Waals surface area contributed by atoms with Gasteiger partial charge in [0, 0.05) is 19.1 Å². The monoisotopic (exact) mass is 277 g/mol. The summed E-state index contributed by atoms with van der Waals surface area (Å²) in [6.45, 7) is 9.91. The first-order valence-electron chi connectivity index (χ1n) is 8.58. The summed E-state index contributed by atoms with van der Waals surface area (Å²) in [4.78, 5) is 2.51. The number of hydrogen-bond donors (Lipinski definition) is 1. The smallest absolute Gasteiger partial charge is 0.122 e. The summed E-state index contributed by atoms with van der Waals surface area (Å²) in [5.41, 5.74) is -0.275. The van der Waals surface area contributed by atoms with E-state index in [0.29, 0.717) is 12.0 Å². The minimum atomic E-state index is -0.275. The zero-order chi connectivity index (χ0) is 14.6. The molecule has 1 atom stereocenters. The highest BCUT2D eigenvalue weighted by molar-refractivity contribution is 5.18. The van der Waals surface area contributed by atoms with E-state index in [1.807, 2.05) is 0 Å². The van der Waals surface area contributed by atoms with E-state index >= 15 is 0 Å². The lowest BCUT2D eigenvalue weighted by Gasteiger charge is -2.35. The van der Waals surface area contributed by atoms with Crippen molar-refractivity contribution >= 4 is 0 Å². The second-order valence-electron chi connectivity index (χ2n) is 6.79. The number of nitrogens with one attached hydrogen (secondary N) is 1. The molecule has 1 N–H and O–H groups in total. The topological polar surface area (TPSA) is 39.1 Å². The maximum atomic E-state index is 9.82. The maximum absolute atomic E-state index is 9.82. The zero-order valence-electron chi connectivity index (χ0n) is 13.5. The van der Waals surface area contributed by atoms with Crippen molar-refractivity contribution in [2.45, 2.75) is 70.9 Å². The van der Waals surface area contributed by atoms with Gasteiger partial charge in [-0.15, -0.1) is 0 Å². The molecule has 2 fully saturated rings. The molecule has 0 heterocycles. The summed E-state index contributed by atoms with van der Waals surface area (Å²) in [6, 6.07) is 3.28. The predicted octanol–water partition coefficient (Wildman–Crippen LogP) is 3.17. The lowest BCUT2D eigenvalue weighted by Crippen LogP contribution is -2.55. The minimum absolute atomic E-state index is 0.275. The van der Waals surface area contributed by atoms with Gasteiger partial charge in [0.25, 0.3) is 0 Å². The Balaban J connectivity index is 1.99. The molecule has 0 spiro atoms. The van der Waals surface area contributed by atoms with E-state index in [9.17, 15) is 5.26 Å². The van der Waals surface area contributed by atoms with Gasteiger partial charge < -0.3 is 4.90 Å². The zero-order valence-corrected chi connectivity index (χ0v) is 13.5. The largest absolute Gasteiger partial charge is 0.300 e. The van der Waals surface area contributed by atoms with Crippen molar-refractivity contribution in [3.8, 4) is 6.07 Å². The van der Waals surface area contributed by atoms with Crippen molar-refractivity contribution in [3.63, 3.8) is 0 Å². The quantitative estimate of drug-likeness (QED) is 0.666. The normalized spacial score (nSPS) is 22.0. The highest BCUT2D eigenvalue weighted by Crippen LogP contribution is 2.41. The van der Waals surface area contributed by atoms with Crippen LogP contribution in [0.2, 0.25) is 0 Å². The predicted molar refractivity (Wildman–Crippen MR) is 83.4 cm³/mol. The van der Waals surface area contributed by atoms with E-state index in [1.165, 1.54) is 38.5 Å². The molecule has 0 aromatic heterocycles. The maximum Gasteiger partial charge on any atom is 0.122 e. The average molecular weight is 277 g/mol. The van der Waals surface area contributed by atoms with Gasteiger partial charge in [-0.3, -0.25) is 5.32 Å². The fourth-order valence-corrected chi connectivity index (χ4v) is 3.19. The molecule has 0 aromatic rings. The van der Waals surface area contributed by atoms with Gasteiger partial charge in [-0.25, -0.2) is 0 Å². The van der Waals surface area contributed by atoms with E-state index in [0.717, 1.165) is 25.6 Å². The molecular weight excluding hydrogens is 246 g/mol. The number of likely N-dealkylation sites (N-methyl/N-ethyl adjacent to an activating group) is 1. The first-order valence-corrected chi connectivity index (χ1v) is 8.58. The van der Waals surface area contributed by atoms with E-state index in [2.05, 4.69) is 37.1 Å². The Morgan fingerprint density at radius 1 is 1.20 bits per heavy atom. The summed E-state index contributed by atoms with van der Waals surface area (Å²) >= 11 is 0. The molecule has 114 valence electrons. The van der Waals surface area contributed by atoms with Gasteiger partial charge in [-0.2, -0.15) is 5.26 Å². The van der Waals surface area contributed by atoms with Crippen molar-refractivity contribution in [3.05, 3.63) is 0 Å². The summed E-state index contributed by atoms with van der Waals surface area (Å²) in [7, 11) is 0. The van der Waals surface area contributed by atoms with E-state index < -0.39 is 0 Å². The first kappa shape index (κ1) is 15.8. The van der Waals surface area contributed by atoms with Crippen molar-refractivity contribution in [2.24, 2.45) is 11.8 Å². The van der Waals surface area contributed by atoms with Crippen LogP contribution in [0.5, 0.6) is 0 Å². The Hall–Kier alpha value is -0.590. The number of nitriles is 1. The Labute approximate surface area is 124 Å². The average Bonchev–Trinajstić information content (AvgIpc) is 3.34. The van der Waals surface area contributed by atoms with Crippen LogP contribution in [0, 0.1) is 23.2 Å². The Bertz CT molecular complexity index is 337. The third-order valence-electron chi connectivity index (χ3n) is 5.10. The summed E-state index contributed by atoms with van der Waals surface area (Å²) in [5.74, 6) is 1.36. The van der Waals surface area contributed by atoms with Gasteiger partial charge >= 0.3 is 0 Å². The van der Waals surface area contributed by atoms with Crippen LogP contribution >= 0.6 is 0 Å². The lowest BCUT2D eigenvalue weighted by molar-refractivity contribution is 0.173. The molecule has 0 saturated heterocycles. The van der Waals surface area contributed by atoms with E-state index in [-0.39, 0.29) is 5.54 Å². The van der Waals surface area contributed by atoms with Crippen molar-refractivity contribution in [1.82, 2.24) is 10.2 Å². The number of nitrogens with zero attached hydrogens (tertiary/aromatic N) is 2. The van der Waals surface area contributed by atoms with Gasteiger partial charge in [0.2, 0.25) is 0 Å². The third kappa shape index (κ3) is 3.96. The van der Waals surface area contributed by atoms with Gasteiger partial charge in [0.05, 0.1) is 6.07 Å². The number of rotatable bonds is 10. The van der Waals surface area contributed by atoms with Crippen LogP contribution in [0.1, 0.15) is 59.3 Å². The summed E-state index contributed by atoms with van der Waals surface area (Å²) < 4.78 is 0. The Morgan fingerprint density at radius 3 is 2.25 bits per heavy atom. The van der Waals surface area contributed by atoms with Crippen molar-refractivity contribution in [1.29, 1.82) is 5.26 Å². The molecule has 1 unspecified atom stereocenters. The summed E-state index contributed by atoms with van der Waals surface area (Å²) in [5, 5.41) is 13.5. The molecular formula is C17H31N3. The van der Waals surface area contributed by atoms with Crippen LogP contribution in [-0.2, 0) is 0 Å². The lowest BCUT2D eigenvalue weighted by atomic mass is 9.92. The Kier molecular flexibility index (Phi) is 5.46. The highest BCUT2D eigenvalue weighted by atomic mass is 15.2. The van der Waals surface area contributed by atoms with E-state index in [4.69, 9.17) is 0 Å². The molecule has 3 nitrogen and oxygen atoms in total. The van der Waals surface area contributed by atoms with Crippen LogP contribution in [0.15, 0.2) is 0 Å². The molecule has 0 amide bonds. The molecule has 0 aliphatic heterocycles. The number of hydrogen-bond acceptors (Lipinski definition) is 3. The van der Waals surface area contributed by atoms with Crippen LogP contribution < -0.4 is 5.32 Å². The minimum Gasteiger partial charge on any atom is -0.300 e. The molecule has 0 aromatic carbocycles. The first-order chi connectivity index (χ1) is 9.67. The van der Waals surface area contributed by atoms with Crippen LogP contribution in [0.4, 0.5) is 0 Å². The van der Waals surface area contributed by atoms with Gasteiger partial charge in [0.1, 0.15) is 5.54 Å². The van der Waals surface area contributed by atoms with Gasteiger partial charge in [-0.05, 0) is 44.1 Å². The molecule has 2 rings (SSSR count). The van der Waals surface area contributed by atoms with Crippen LogP contribution in [0.3, 0.4) is 0 Å². The van der Waals surface area contributed by atoms with Gasteiger partial charge in [0.15, 0.2) is 0 Å². The highest BCUT2D eigenvalue weighted by Gasteiger charge is 2.48.